The molecule has 1 aromatic rings. The molecule has 2 fully saturated rings. The van der Waals surface area contributed by atoms with Gasteiger partial charge in [0.25, 0.3) is 0 Å². The number of fused-ring (bicyclic) bond motifs is 1. The van der Waals surface area contributed by atoms with Crippen LogP contribution in [0.1, 0.15) is 31.2 Å². The van der Waals surface area contributed by atoms with Gasteiger partial charge in [-0.15, -0.1) is 0 Å². The normalized spacial score (nSPS) is 30.2. The van der Waals surface area contributed by atoms with Crippen LogP contribution in [0.5, 0.6) is 0 Å². The summed E-state index contributed by atoms with van der Waals surface area (Å²) in [5.74, 6) is 8.01. The maximum atomic E-state index is 9.40. The van der Waals surface area contributed by atoms with E-state index >= 15 is 0 Å². The Morgan fingerprint density at radius 2 is 2.04 bits per heavy atom. The Labute approximate surface area is 142 Å². The van der Waals surface area contributed by atoms with Crippen molar-refractivity contribution in [3.63, 3.8) is 0 Å². The molecule has 0 spiro atoms. The highest BCUT2D eigenvalue weighted by molar-refractivity contribution is 5.86. The molecule has 0 amide bonds. The molecule has 1 aromatic heterocycles. The number of aromatic nitrogens is 1. The lowest BCUT2D eigenvalue weighted by Gasteiger charge is -2.40. The fourth-order valence-corrected chi connectivity index (χ4v) is 4.19. The highest BCUT2D eigenvalue weighted by Gasteiger charge is 2.31. The second-order valence-corrected chi connectivity index (χ2v) is 7.29. The van der Waals surface area contributed by atoms with E-state index in [4.69, 9.17) is 11.6 Å². The summed E-state index contributed by atoms with van der Waals surface area (Å²) in [7, 11) is 0. The van der Waals surface area contributed by atoms with E-state index in [-0.39, 0.29) is 6.10 Å². The zero-order valence-electron chi connectivity index (χ0n) is 13.9. The Bertz CT molecular complexity index is 652. The number of aromatic amines is 1. The van der Waals surface area contributed by atoms with E-state index in [0.717, 1.165) is 61.2 Å². The number of hydrogen-bond acceptors (Lipinski definition) is 6. The minimum atomic E-state index is -0.110. The first kappa shape index (κ1) is 15.7. The average molecular weight is 330 g/mol. The number of nitrogens with zero attached hydrogens (tertiary/aromatic N) is 3. The third-order valence-electron chi connectivity index (χ3n) is 5.56. The van der Waals surface area contributed by atoms with Crippen LogP contribution in [-0.2, 0) is 0 Å². The van der Waals surface area contributed by atoms with Gasteiger partial charge < -0.3 is 15.8 Å². The quantitative estimate of drug-likeness (QED) is 0.618. The largest absolute Gasteiger partial charge is 0.400 e. The molecule has 6 N–H and O–H groups in total. The summed E-state index contributed by atoms with van der Waals surface area (Å²) >= 11 is 0. The van der Waals surface area contributed by atoms with Gasteiger partial charge in [0.15, 0.2) is 0 Å². The fraction of sp³-hybridized carbons (Fsp3) is 0.588. The van der Waals surface area contributed by atoms with Crippen molar-refractivity contribution in [2.45, 2.75) is 31.8 Å². The standard InChI is InChI=1S/C17H26N6O/c18-15(16-14-5-6-20-17(14)21-10-23(16)19)12-3-1-11(2-4-12)7-22-8-13(24)9-22/h5-6,10-13,20,24H,1-4,7-9,18-19H2/b16-15-. The van der Waals surface area contributed by atoms with Crippen LogP contribution in [0.2, 0.25) is 0 Å². The maximum absolute atomic E-state index is 9.40. The number of nitrogens with two attached hydrogens (primary N) is 2. The van der Waals surface area contributed by atoms with E-state index < -0.39 is 0 Å². The number of aliphatic hydroxyl groups is 1. The highest BCUT2D eigenvalue weighted by atomic mass is 16.3. The molecular formula is C17H26N6O. The Hall–Kier alpha value is -1.83. The van der Waals surface area contributed by atoms with Crippen molar-refractivity contribution in [1.82, 2.24) is 14.9 Å². The summed E-state index contributed by atoms with van der Waals surface area (Å²) in [6, 6.07) is 1.98. The van der Waals surface area contributed by atoms with Gasteiger partial charge >= 0.3 is 0 Å². The van der Waals surface area contributed by atoms with Crippen LogP contribution in [0.3, 0.4) is 0 Å². The van der Waals surface area contributed by atoms with E-state index in [1.165, 1.54) is 12.8 Å². The Morgan fingerprint density at radius 1 is 1.29 bits per heavy atom. The minimum absolute atomic E-state index is 0.110. The van der Waals surface area contributed by atoms with Gasteiger partial charge in [0.1, 0.15) is 12.2 Å². The average Bonchev–Trinajstić information content (AvgIpc) is 3.02. The molecule has 0 unspecified atom stereocenters. The molecule has 7 nitrogen and oxygen atoms in total. The zero-order valence-corrected chi connectivity index (χ0v) is 13.9. The molecule has 1 saturated carbocycles. The molecule has 130 valence electrons. The van der Waals surface area contributed by atoms with E-state index in [1.807, 2.05) is 12.3 Å². The van der Waals surface area contributed by atoms with E-state index in [2.05, 4.69) is 14.9 Å². The molecule has 3 heterocycles. The number of hydrogen-bond donors (Lipinski definition) is 4. The van der Waals surface area contributed by atoms with E-state index in [9.17, 15) is 5.11 Å². The predicted octanol–water partition coefficient (Wildman–Crippen LogP) is 0.974. The Balaban J connectivity index is 1.42. The van der Waals surface area contributed by atoms with Crippen molar-refractivity contribution in [1.29, 1.82) is 0 Å². The van der Waals surface area contributed by atoms with Crippen LogP contribution in [0.4, 0.5) is 5.82 Å². The smallest absolute Gasteiger partial charge is 0.141 e. The third-order valence-corrected chi connectivity index (χ3v) is 5.56. The van der Waals surface area contributed by atoms with Gasteiger partial charge in [-0.3, -0.25) is 9.91 Å². The molecule has 7 heteroatoms. The zero-order chi connectivity index (χ0) is 16.7. The minimum Gasteiger partial charge on any atom is -0.400 e. The molecule has 2 aliphatic heterocycles. The number of H-pyrrole nitrogens is 1. The summed E-state index contributed by atoms with van der Waals surface area (Å²) in [5, 5.41) is 10.9. The first-order chi connectivity index (χ1) is 11.6. The van der Waals surface area contributed by atoms with E-state index in [0.29, 0.717) is 5.92 Å². The van der Waals surface area contributed by atoms with Gasteiger partial charge in [0.05, 0.1) is 11.8 Å². The van der Waals surface area contributed by atoms with Crippen molar-refractivity contribution in [3.8, 4) is 0 Å². The monoisotopic (exact) mass is 330 g/mol. The molecule has 0 radical (unpaired) electrons. The third kappa shape index (κ3) is 2.83. The van der Waals surface area contributed by atoms with Crippen molar-refractivity contribution in [2.75, 3.05) is 19.6 Å². The van der Waals surface area contributed by atoms with Gasteiger partial charge in [-0.05, 0) is 37.7 Å². The SMILES string of the molecule is N/C(=C1/c2cc[nH]c2N=CN1N)C1CCC(CN2CC(O)C2)CC1. The highest BCUT2D eigenvalue weighted by Crippen LogP contribution is 2.38. The molecular weight excluding hydrogens is 304 g/mol. The second-order valence-electron chi connectivity index (χ2n) is 7.29. The number of aliphatic imine (C=N–C) groups is 1. The van der Waals surface area contributed by atoms with Gasteiger partial charge in [0, 0.05) is 43.0 Å². The molecule has 24 heavy (non-hydrogen) atoms. The van der Waals surface area contributed by atoms with E-state index in [1.54, 1.807) is 11.3 Å². The molecule has 0 bridgehead atoms. The summed E-state index contributed by atoms with van der Waals surface area (Å²) in [6.45, 7) is 2.78. The van der Waals surface area contributed by atoms with Crippen LogP contribution < -0.4 is 11.6 Å². The van der Waals surface area contributed by atoms with Crippen LogP contribution in [0, 0.1) is 11.8 Å². The van der Waals surface area contributed by atoms with Gasteiger partial charge in [-0.25, -0.2) is 10.8 Å². The van der Waals surface area contributed by atoms with Crippen LogP contribution in [0.25, 0.3) is 5.70 Å². The lowest BCUT2D eigenvalue weighted by molar-refractivity contribution is -0.0103. The topological polar surface area (TPSA) is 107 Å². The molecule has 4 rings (SSSR count). The van der Waals surface area contributed by atoms with Gasteiger partial charge in [0.2, 0.25) is 0 Å². The fourth-order valence-electron chi connectivity index (χ4n) is 4.19. The van der Waals surface area contributed by atoms with Crippen molar-refractivity contribution >= 4 is 17.9 Å². The lowest BCUT2D eigenvalue weighted by atomic mass is 9.79. The Kier molecular flexibility index (Phi) is 4.07. The molecule has 3 aliphatic rings. The van der Waals surface area contributed by atoms with Crippen molar-refractivity contribution in [3.05, 3.63) is 23.5 Å². The van der Waals surface area contributed by atoms with Crippen LogP contribution in [0.15, 0.2) is 23.0 Å². The summed E-state index contributed by atoms with van der Waals surface area (Å²) in [4.78, 5) is 9.75. The number of aliphatic hydroxyl groups excluding tert-OH is 1. The second kappa shape index (κ2) is 6.23. The van der Waals surface area contributed by atoms with Gasteiger partial charge in [-0.2, -0.15) is 0 Å². The van der Waals surface area contributed by atoms with Crippen LogP contribution >= 0.6 is 0 Å². The molecule has 1 saturated heterocycles. The number of likely N-dealkylation sites (tertiary alicyclic amines) is 1. The molecule has 1 aliphatic carbocycles. The van der Waals surface area contributed by atoms with Gasteiger partial charge in [-0.1, -0.05) is 0 Å². The Morgan fingerprint density at radius 3 is 2.75 bits per heavy atom. The number of β-amino-alcohol motifs (C(OH)–C–C–N with tert-alkyl or cyclic N) is 1. The molecule has 0 aromatic carbocycles. The number of hydrazine groups is 1. The summed E-state index contributed by atoms with van der Waals surface area (Å²) in [6.07, 6.45) is 7.94. The summed E-state index contributed by atoms with van der Waals surface area (Å²) < 4.78 is 0. The number of allylic oxidation sites excluding steroid dienone is 1. The first-order valence-corrected chi connectivity index (χ1v) is 8.77. The van der Waals surface area contributed by atoms with Crippen molar-refractivity contribution in [2.24, 2.45) is 28.4 Å². The van der Waals surface area contributed by atoms with Crippen LogP contribution in [-0.4, -0.2) is 52.1 Å². The maximum Gasteiger partial charge on any atom is 0.141 e. The first-order valence-electron chi connectivity index (χ1n) is 8.77. The number of rotatable bonds is 3. The predicted molar refractivity (Wildman–Crippen MR) is 94.0 cm³/mol. The molecule has 0 atom stereocenters. The number of nitrogens with one attached hydrogen (secondary N) is 1. The lowest BCUT2D eigenvalue weighted by Crippen LogP contribution is -2.52. The van der Waals surface area contributed by atoms with Crippen molar-refractivity contribution < 1.29 is 5.11 Å². The summed E-state index contributed by atoms with van der Waals surface area (Å²) in [5.41, 5.74) is 9.27.